The molecule has 0 radical (unpaired) electrons. The average Bonchev–Trinajstić information content (AvgIpc) is 2.36. The Hall–Kier alpha value is -0.370. The summed E-state index contributed by atoms with van der Waals surface area (Å²) in [6, 6.07) is 0. The smallest absolute Gasteiger partial charge is 0.139 e. The highest BCUT2D eigenvalue weighted by Gasteiger charge is 2.37. The Morgan fingerprint density at radius 1 is 1.06 bits per heavy atom. The fourth-order valence-corrected chi connectivity index (χ4v) is 3.03. The van der Waals surface area contributed by atoms with Crippen LogP contribution in [0.1, 0.15) is 71.6 Å². The Balaban J connectivity index is 2.42. The molecule has 0 aromatic rings. The van der Waals surface area contributed by atoms with E-state index in [1.165, 1.54) is 19.3 Å². The Bertz CT molecular complexity index is 213. The lowest BCUT2D eigenvalue weighted by molar-refractivity contribution is -0.131. The summed E-state index contributed by atoms with van der Waals surface area (Å²) in [5.74, 6) is 0.553. The summed E-state index contributed by atoms with van der Waals surface area (Å²) in [7, 11) is 0. The lowest BCUT2D eigenvalue weighted by Crippen LogP contribution is -2.42. The summed E-state index contributed by atoms with van der Waals surface area (Å²) in [4.78, 5) is 12.4. The molecule has 1 aliphatic rings. The maximum absolute atomic E-state index is 12.4. The van der Waals surface area contributed by atoms with E-state index >= 15 is 0 Å². The van der Waals surface area contributed by atoms with E-state index in [4.69, 9.17) is 0 Å². The first-order chi connectivity index (χ1) is 8.25. The first-order valence-corrected chi connectivity index (χ1v) is 7.49. The van der Waals surface area contributed by atoms with Gasteiger partial charge in [-0.25, -0.2) is 0 Å². The Morgan fingerprint density at radius 3 is 2.35 bits per heavy atom. The molecule has 2 nitrogen and oxygen atoms in total. The fraction of sp³-hybridized carbons (Fsp3) is 0.933. The van der Waals surface area contributed by atoms with E-state index in [9.17, 15) is 4.79 Å². The zero-order chi connectivity index (χ0) is 12.6. The number of rotatable bonds is 8. The van der Waals surface area contributed by atoms with Crippen molar-refractivity contribution in [3.05, 3.63) is 0 Å². The van der Waals surface area contributed by atoms with Gasteiger partial charge < -0.3 is 5.32 Å². The van der Waals surface area contributed by atoms with E-state index in [0.717, 1.165) is 51.6 Å². The molecule has 1 heterocycles. The van der Waals surface area contributed by atoms with Gasteiger partial charge in [0.2, 0.25) is 0 Å². The Kier molecular flexibility index (Phi) is 6.79. The van der Waals surface area contributed by atoms with E-state index < -0.39 is 0 Å². The van der Waals surface area contributed by atoms with E-state index in [-0.39, 0.29) is 5.41 Å². The molecule has 0 amide bonds. The summed E-state index contributed by atoms with van der Waals surface area (Å²) in [6.45, 7) is 6.47. The molecule has 1 saturated heterocycles. The lowest BCUT2D eigenvalue weighted by atomic mass is 9.71. The molecule has 0 aromatic carbocycles. The third-order valence-electron chi connectivity index (χ3n) is 4.14. The second-order valence-electron chi connectivity index (χ2n) is 5.51. The number of hydrogen-bond donors (Lipinski definition) is 1. The molecular formula is C15H29NO. The van der Waals surface area contributed by atoms with Crippen LogP contribution in [0, 0.1) is 5.41 Å². The summed E-state index contributed by atoms with van der Waals surface area (Å²) < 4.78 is 0. The SMILES string of the molecule is CCCCCCC(=O)C1(CCC)CCNCC1. The van der Waals surface area contributed by atoms with Gasteiger partial charge in [-0.2, -0.15) is 0 Å². The molecule has 0 saturated carbocycles. The van der Waals surface area contributed by atoms with Crippen LogP contribution >= 0.6 is 0 Å². The number of nitrogens with one attached hydrogen (secondary N) is 1. The van der Waals surface area contributed by atoms with Gasteiger partial charge in [0.1, 0.15) is 5.78 Å². The number of carbonyl (C=O) groups is 1. The van der Waals surface area contributed by atoms with E-state index in [2.05, 4.69) is 19.2 Å². The van der Waals surface area contributed by atoms with Crippen LogP contribution in [0.25, 0.3) is 0 Å². The van der Waals surface area contributed by atoms with Gasteiger partial charge in [-0.3, -0.25) is 4.79 Å². The zero-order valence-corrected chi connectivity index (χ0v) is 11.7. The van der Waals surface area contributed by atoms with Crippen molar-refractivity contribution >= 4 is 5.78 Å². The third-order valence-corrected chi connectivity index (χ3v) is 4.14. The Labute approximate surface area is 107 Å². The second-order valence-corrected chi connectivity index (χ2v) is 5.51. The first-order valence-electron chi connectivity index (χ1n) is 7.49. The van der Waals surface area contributed by atoms with Gasteiger partial charge in [-0.1, -0.05) is 39.5 Å². The molecule has 0 aliphatic carbocycles. The van der Waals surface area contributed by atoms with E-state index in [0.29, 0.717) is 5.78 Å². The molecular weight excluding hydrogens is 210 g/mol. The quantitative estimate of drug-likeness (QED) is 0.654. The van der Waals surface area contributed by atoms with Crippen LogP contribution in [0.3, 0.4) is 0 Å². The van der Waals surface area contributed by atoms with Crippen LogP contribution < -0.4 is 5.32 Å². The number of Topliss-reactive ketones (excluding diaryl/α,β-unsaturated/α-hetero) is 1. The topological polar surface area (TPSA) is 29.1 Å². The summed E-state index contributed by atoms with van der Waals surface area (Å²) in [6.07, 6.45) is 10.0. The summed E-state index contributed by atoms with van der Waals surface area (Å²) in [5, 5.41) is 3.38. The third kappa shape index (κ3) is 4.42. The largest absolute Gasteiger partial charge is 0.317 e. The highest BCUT2D eigenvalue weighted by Crippen LogP contribution is 2.36. The number of hydrogen-bond acceptors (Lipinski definition) is 2. The second kappa shape index (κ2) is 7.86. The van der Waals surface area contributed by atoms with Crippen molar-refractivity contribution in [1.29, 1.82) is 0 Å². The number of unbranched alkanes of at least 4 members (excludes halogenated alkanes) is 3. The maximum atomic E-state index is 12.4. The monoisotopic (exact) mass is 239 g/mol. The van der Waals surface area contributed by atoms with Crippen molar-refractivity contribution in [1.82, 2.24) is 5.32 Å². The molecule has 0 unspecified atom stereocenters. The highest BCUT2D eigenvalue weighted by molar-refractivity contribution is 5.84. The molecule has 0 atom stereocenters. The van der Waals surface area contributed by atoms with Crippen molar-refractivity contribution < 1.29 is 4.79 Å². The molecule has 0 aromatic heterocycles. The van der Waals surface area contributed by atoms with Crippen molar-refractivity contribution in [3.8, 4) is 0 Å². The minimum atomic E-state index is 0.0339. The maximum Gasteiger partial charge on any atom is 0.139 e. The standard InChI is InChI=1S/C15H29NO/c1-3-5-6-7-8-14(17)15(9-4-2)10-12-16-13-11-15/h16H,3-13H2,1-2H3. The molecule has 1 aliphatic heterocycles. The van der Waals surface area contributed by atoms with Gasteiger partial charge in [0, 0.05) is 11.8 Å². The van der Waals surface area contributed by atoms with E-state index in [1.54, 1.807) is 0 Å². The molecule has 100 valence electrons. The summed E-state index contributed by atoms with van der Waals surface area (Å²) in [5.41, 5.74) is 0.0339. The van der Waals surface area contributed by atoms with Gasteiger partial charge in [0.15, 0.2) is 0 Å². The zero-order valence-electron chi connectivity index (χ0n) is 11.7. The average molecular weight is 239 g/mol. The van der Waals surface area contributed by atoms with Gasteiger partial charge >= 0.3 is 0 Å². The molecule has 1 fully saturated rings. The normalized spacial score (nSPS) is 19.2. The van der Waals surface area contributed by atoms with Crippen LogP contribution in [0.4, 0.5) is 0 Å². The van der Waals surface area contributed by atoms with Crippen molar-refractivity contribution in [2.75, 3.05) is 13.1 Å². The molecule has 2 heteroatoms. The first kappa shape index (κ1) is 14.7. The summed E-state index contributed by atoms with van der Waals surface area (Å²) >= 11 is 0. The predicted molar refractivity (Wildman–Crippen MR) is 73.2 cm³/mol. The number of piperidine rings is 1. The van der Waals surface area contributed by atoms with Crippen molar-refractivity contribution in [3.63, 3.8) is 0 Å². The molecule has 1 rings (SSSR count). The predicted octanol–water partition coefficient (Wildman–Crippen LogP) is 3.70. The minimum Gasteiger partial charge on any atom is -0.317 e. The Morgan fingerprint density at radius 2 is 1.76 bits per heavy atom. The number of ketones is 1. The van der Waals surface area contributed by atoms with Crippen LogP contribution in [0.5, 0.6) is 0 Å². The highest BCUT2D eigenvalue weighted by atomic mass is 16.1. The fourth-order valence-electron chi connectivity index (χ4n) is 3.03. The van der Waals surface area contributed by atoms with E-state index in [1.807, 2.05) is 0 Å². The molecule has 0 spiro atoms. The van der Waals surface area contributed by atoms with Gasteiger partial charge in [-0.15, -0.1) is 0 Å². The van der Waals surface area contributed by atoms with Gasteiger partial charge in [-0.05, 0) is 38.8 Å². The van der Waals surface area contributed by atoms with Gasteiger partial charge in [0.05, 0.1) is 0 Å². The molecule has 17 heavy (non-hydrogen) atoms. The van der Waals surface area contributed by atoms with Gasteiger partial charge in [0.25, 0.3) is 0 Å². The van der Waals surface area contributed by atoms with Crippen LogP contribution in [-0.2, 0) is 4.79 Å². The van der Waals surface area contributed by atoms with Crippen molar-refractivity contribution in [2.24, 2.45) is 5.41 Å². The lowest BCUT2D eigenvalue weighted by Gasteiger charge is -2.36. The van der Waals surface area contributed by atoms with Crippen molar-refractivity contribution in [2.45, 2.75) is 71.6 Å². The van der Waals surface area contributed by atoms with Crippen LogP contribution in [0.15, 0.2) is 0 Å². The molecule has 0 bridgehead atoms. The van der Waals surface area contributed by atoms with Crippen LogP contribution in [-0.4, -0.2) is 18.9 Å². The molecule has 1 N–H and O–H groups in total. The van der Waals surface area contributed by atoms with Crippen LogP contribution in [0.2, 0.25) is 0 Å². The minimum absolute atomic E-state index is 0.0339. The number of carbonyl (C=O) groups excluding carboxylic acids is 1.